The van der Waals surface area contributed by atoms with Crippen molar-refractivity contribution in [1.82, 2.24) is 4.90 Å². The number of rotatable bonds is 3. The Morgan fingerprint density at radius 2 is 2.17 bits per heavy atom. The van der Waals surface area contributed by atoms with Crippen molar-refractivity contribution < 1.29 is 0 Å². The topological polar surface area (TPSA) is 39.1 Å². The fourth-order valence-corrected chi connectivity index (χ4v) is 2.83. The first kappa shape index (κ1) is 13.4. The second-order valence-corrected chi connectivity index (χ2v) is 5.48. The summed E-state index contributed by atoms with van der Waals surface area (Å²) in [6.45, 7) is 5.62. The number of halogens is 1. The predicted molar refractivity (Wildman–Crippen MR) is 77.6 cm³/mol. The highest BCUT2D eigenvalue weighted by molar-refractivity contribution is 9.10. The van der Waals surface area contributed by atoms with E-state index in [4.69, 9.17) is 0 Å². The van der Waals surface area contributed by atoms with E-state index in [0.29, 0.717) is 11.6 Å². The van der Waals surface area contributed by atoms with E-state index in [0.717, 1.165) is 42.6 Å². The van der Waals surface area contributed by atoms with Crippen LogP contribution in [-0.4, -0.2) is 30.6 Å². The highest BCUT2D eigenvalue weighted by Crippen LogP contribution is 2.26. The Balaban J connectivity index is 2.03. The van der Waals surface area contributed by atoms with Crippen molar-refractivity contribution in [3.63, 3.8) is 0 Å². The molecule has 2 rings (SSSR count). The molecule has 1 aromatic carbocycles. The number of likely N-dealkylation sites (tertiary alicyclic amines) is 1. The van der Waals surface area contributed by atoms with Crippen LogP contribution in [0.2, 0.25) is 0 Å². The van der Waals surface area contributed by atoms with Crippen molar-refractivity contribution in [2.45, 2.75) is 25.8 Å². The van der Waals surface area contributed by atoms with Gasteiger partial charge in [-0.05, 0) is 47.4 Å². The molecule has 0 spiro atoms. The van der Waals surface area contributed by atoms with Crippen molar-refractivity contribution >= 4 is 21.6 Å². The number of anilines is 1. The molecule has 18 heavy (non-hydrogen) atoms. The van der Waals surface area contributed by atoms with Gasteiger partial charge in [-0.3, -0.25) is 0 Å². The first-order valence-electron chi connectivity index (χ1n) is 6.42. The Hall–Kier alpha value is -1.05. The lowest BCUT2D eigenvalue weighted by Crippen LogP contribution is -2.38. The maximum atomic E-state index is 9.18. The minimum absolute atomic E-state index is 0.481. The molecule has 4 heteroatoms. The van der Waals surface area contributed by atoms with Crippen LogP contribution in [0.25, 0.3) is 0 Å². The molecule has 0 radical (unpaired) electrons. The molecule has 0 atom stereocenters. The maximum absolute atomic E-state index is 9.18. The monoisotopic (exact) mass is 307 g/mol. The molecule has 1 heterocycles. The maximum Gasteiger partial charge on any atom is 0.103 e. The number of nitriles is 1. The van der Waals surface area contributed by atoms with E-state index in [1.165, 1.54) is 0 Å². The first-order valence-corrected chi connectivity index (χ1v) is 7.21. The van der Waals surface area contributed by atoms with Gasteiger partial charge in [0.05, 0.1) is 11.3 Å². The molecule has 0 bridgehead atoms. The highest BCUT2D eigenvalue weighted by atomic mass is 79.9. The lowest BCUT2D eigenvalue weighted by atomic mass is 10.0. The zero-order valence-electron chi connectivity index (χ0n) is 10.6. The zero-order valence-corrected chi connectivity index (χ0v) is 12.2. The van der Waals surface area contributed by atoms with Gasteiger partial charge in [-0.1, -0.05) is 13.0 Å². The van der Waals surface area contributed by atoms with E-state index < -0.39 is 0 Å². The molecule has 1 fully saturated rings. The van der Waals surface area contributed by atoms with Crippen LogP contribution in [0.15, 0.2) is 22.7 Å². The molecule has 3 nitrogen and oxygen atoms in total. The average molecular weight is 308 g/mol. The Kier molecular flexibility index (Phi) is 4.62. The highest BCUT2D eigenvalue weighted by Gasteiger charge is 2.18. The number of nitrogens with one attached hydrogen (secondary N) is 1. The van der Waals surface area contributed by atoms with Crippen LogP contribution in [0.3, 0.4) is 0 Å². The summed E-state index contributed by atoms with van der Waals surface area (Å²) in [5.41, 5.74) is 1.65. The van der Waals surface area contributed by atoms with E-state index in [2.05, 4.69) is 39.1 Å². The van der Waals surface area contributed by atoms with Crippen molar-refractivity contribution in [3.05, 3.63) is 28.2 Å². The molecule has 0 unspecified atom stereocenters. The molecule has 1 N–H and O–H groups in total. The van der Waals surface area contributed by atoms with Crippen LogP contribution in [0.1, 0.15) is 25.3 Å². The number of piperidine rings is 1. The molecule has 0 aromatic heterocycles. The van der Waals surface area contributed by atoms with Gasteiger partial charge in [-0.15, -0.1) is 0 Å². The second-order valence-electron chi connectivity index (χ2n) is 4.63. The minimum atomic E-state index is 0.481. The Morgan fingerprint density at radius 1 is 1.44 bits per heavy atom. The summed E-state index contributed by atoms with van der Waals surface area (Å²) < 4.78 is 0.862. The quantitative estimate of drug-likeness (QED) is 0.932. The third kappa shape index (κ3) is 3.04. The summed E-state index contributed by atoms with van der Waals surface area (Å²) in [6.07, 6.45) is 2.29. The lowest BCUT2D eigenvalue weighted by Gasteiger charge is -2.32. The Bertz CT molecular complexity index is 445. The standard InChI is InChI=1S/C14H18BrN3/c1-2-18-8-6-11(7-9-18)17-14-5-3-4-13(15)12(14)10-16/h3-5,11,17H,2,6-9H2,1H3. The van der Waals surface area contributed by atoms with Crippen LogP contribution in [-0.2, 0) is 0 Å². The summed E-state index contributed by atoms with van der Waals surface area (Å²) >= 11 is 3.42. The SMILES string of the molecule is CCN1CCC(Nc2cccc(Br)c2C#N)CC1. The van der Waals surface area contributed by atoms with E-state index in [1.54, 1.807) is 0 Å². The molecule has 0 aliphatic carbocycles. The van der Waals surface area contributed by atoms with E-state index in [-0.39, 0.29) is 0 Å². The number of nitrogens with zero attached hydrogens (tertiary/aromatic N) is 2. The third-order valence-corrected chi connectivity index (χ3v) is 4.18. The first-order chi connectivity index (χ1) is 8.74. The van der Waals surface area contributed by atoms with Gasteiger partial charge in [0.1, 0.15) is 6.07 Å². The van der Waals surface area contributed by atoms with Crippen molar-refractivity contribution in [3.8, 4) is 6.07 Å². The smallest absolute Gasteiger partial charge is 0.103 e. The number of hydrogen-bond donors (Lipinski definition) is 1. The molecule has 0 saturated carbocycles. The normalized spacial score (nSPS) is 17.4. The molecular formula is C14H18BrN3. The van der Waals surface area contributed by atoms with Gasteiger partial charge < -0.3 is 10.2 Å². The second kappa shape index (κ2) is 6.21. The molecule has 1 aliphatic rings. The third-order valence-electron chi connectivity index (χ3n) is 3.52. The van der Waals surface area contributed by atoms with Crippen LogP contribution < -0.4 is 5.32 Å². The van der Waals surface area contributed by atoms with Crippen molar-refractivity contribution in [2.75, 3.05) is 25.0 Å². The van der Waals surface area contributed by atoms with Gasteiger partial charge in [0, 0.05) is 23.6 Å². The van der Waals surface area contributed by atoms with Crippen LogP contribution in [0.5, 0.6) is 0 Å². The van der Waals surface area contributed by atoms with Crippen molar-refractivity contribution in [1.29, 1.82) is 5.26 Å². The van der Waals surface area contributed by atoms with Gasteiger partial charge in [0.2, 0.25) is 0 Å². The summed E-state index contributed by atoms with van der Waals surface area (Å²) in [5.74, 6) is 0. The van der Waals surface area contributed by atoms with Gasteiger partial charge in [-0.25, -0.2) is 0 Å². The summed E-state index contributed by atoms with van der Waals surface area (Å²) in [4.78, 5) is 2.46. The predicted octanol–water partition coefficient (Wildman–Crippen LogP) is 3.22. The van der Waals surface area contributed by atoms with Crippen LogP contribution >= 0.6 is 15.9 Å². The molecule has 1 aromatic rings. The Labute approximate surface area is 117 Å². The molecular weight excluding hydrogens is 290 g/mol. The van der Waals surface area contributed by atoms with E-state index in [1.807, 2.05) is 18.2 Å². The summed E-state index contributed by atoms with van der Waals surface area (Å²) in [5, 5.41) is 12.7. The van der Waals surface area contributed by atoms with Crippen LogP contribution in [0, 0.1) is 11.3 Å². The summed E-state index contributed by atoms with van der Waals surface area (Å²) in [6, 6.07) is 8.59. The van der Waals surface area contributed by atoms with Crippen LogP contribution in [0.4, 0.5) is 5.69 Å². The summed E-state index contributed by atoms with van der Waals surface area (Å²) in [7, 11) is 0. The number of hydrogen-bond acceptors (Lipinski definition) is 3. The number of benzene rings is 1. The Morgan fingerprint density at radius 3 is 2.78 bits per heavy atom. The van der Waals surface area contributed by atoms with E-state index in [9.17, 15) is 5.26 Å². The van der Waals surface area contributed by atoms with Gasteiger partial charge in [0.25, 0.3) is 0 Å². The average Bonchev–Trinajstić information content (AvgIpc) is 2.40. The molecule has 96 valence electrons. The molecule has 1 aliphatic heterocycles. The van der Waals surface area contributed by atoms with E-state index >= 15 is 0 Å². The van der Waals surface area contributed by atoms with Gasteiger partial charge in [0.15, 0.2) is 0 Å². The molecule has 1 saturated heterocycles. The van der Waals surface area contributed by atoms with Gasteiger partial charge in [-0.2, -0.15) is 5.26 Å². The zero-order chi connectivity index (χ0) is 13.0. The van der Waals surface area contributed by atoms with Gasteiger partial charge >= 0.3 is 0 Å². The lowest BCUT2D eigenvalue weighted by molar-refractivity contribution is 0.229. The fourth-order valence-electron chi connectivity index (χ4n) is 2.37. The molecule has 0 amide bonds. The largest absolute Gasteiger partial charge is 0.381 e. The minimum Gasteiger partial charge on any atom is -0.381 e. The fraction of sp³-hybridized carbons (Fsp3) is 0.500. The van der Waals surface area contributed by atoms with Crippen molar-refractivity contribution in [2.24, 2.45) is 0 Å².